The third-order valence-corrected chi connectivity index (χ3v) is 5.29. The van der Waals surface area contributed by atoms with Crippen LogP contribution in [0.2, 0.25) is 0 Å². The quantitative estimate of drug-likeness (QED) is 0.644. The molecule has 2 aromatic rings. The molecule has 2 aliphatic rings. The van der Waals surface area contributed by atoms with Gasteiger partial charge in [-0.2, -0.15) is 0 Å². The molecule has 3 unspecified atom stereocenters. The first-order chi connectivity index (χ1) is 10.8. The Labute approximate surface area is 133 Å². The molecule has 0 nitrogen and oxygen atoms in total. The third kappa shape index (κ3) is 2.33. The second-order valence-corrected chi connectivity index (χ2v) is 6.66. The number of rotatable bonds is 4. The first kappa shape index (κ1) is 13.6. The molecule has 0 spiro atoms. The minimum absolute atomic E-state index is 0.594. The van der Waals surface area contributed by atoms with E-state index in [0.717, 1.165) is 0 Å². The molecule has 0 fully saturated rings. The summed E-state index contributed by atoms with van der Waals surface area (Å²) in [5.41, 5.74) is 5.84. The molecular formula is C22H22. The lowest BCUT2D eigenvalue weighted by molar-refractivity contribution is 0.459. The lowest BCUT2D eigenvalue weighted by Gasteiger charge is -2.21. The molecule has 0 N–H and O–H groups in total. The summed E-state index contributed by atoms with van der Waals surface area (Å²) in [5.74, 6) is 1.90. The molecule has 22 heavy (non-hydrogen) atoms. The fourth-order valence-corrected chi connectivity index (χ4v) is 3.97. The minimum Gasteiger partial charge on any atom is -0.0764 e. The number of hydrogen-bond donors (Lipinski definition) is 0. The highest BCUT2D eigenvalue weighted by Crippen LogP contribution is 2.40. The van der Waals surface area contributed by atoms with E-state index in [1.165, 1.54) is 35.1 Å². The van der Waals surface area contributed by atoms with Crippen LogP contribution in [0.1, 0.15) is 53.9 Å². The van der Waals surface area contributed by atoms with Crippen molar-refractivity contribution in [2.75, 3.05) is 0 Å². The zero-order chi connectivity index (χ0) is 14.9. The number of fused-ring (bicyclic) bond motifs is 2. The van der Waals surface area contributed by atoms with E-state index in [0.29, 0.717) is 17.8 Å². The largest absolute Gasteiger partial charge is 0.0764 e. The first-order valence-electron chi connectivity index (χ1n) is 8.37. The molecule has 3 atom stereocenters. The monoisotopic (exact) mass is 286 g/mol. The average Bonchev–Trinajstić information content (AvgIpc) is 3.17. The summed E-state index contributed by atoms with van der Waals surface area (Å²) in [6.45, 7) is 2.40. The molecule has 0 saturated carbocycles. The van der Waals surface area contributed by atoms with Crippen LogP contribution >= 0.6 is 0 Å². The fourth-order valence-electron chi connectivity index (χ4n) is 3.97. The fraction of sp³-hybridized carbons (Fsp3) is 0.273. The predicted octanol–water partition coefficient (Wildman–Crippen LogP) is 6.02. The molecule has 2 aromatic carbocycles. The maximum absolute atomic E-state index is 2.40. The van der Waals surface area contributed by atoms with Crippen molar-refractivity contribution in [3.8, 4) is 0 Å². The van der Waals surface area contributed by atoms with Crippen LogP contribution in [0.15, 0.2) is 60.7 Å². The van der Waals surface area contributed by atoms with E-state index in [1.807, 2.05) is 0 Å². The molecule has 0 amide bonds. The van der Waals surface area contributed by atoms with Gasteiger partial charge in [0, 0.05) is 11.8 Å². The highest BCUT2D eigenvalue weighted by Gasteiger charge is 2.24. The Kier molecular flexibility index (Phi) is 3.46. The van der Waals surface area contributed by atoms with Gasteiger partial charge in [-0.15, -0.1) is 0 Å². The van der Waals surface area contributed by atoms with Gasteiger partial charge < -0.3 is 0 Å². The Morgan fingerprint density at radius 3 is 2.27 bits per heavy atom. The van der Waals surface area contributed by atoms with Crippen LogP contribution < -0.4 is 0 Å². The summed E-state index contributed by atoms with van der Waals surface area (Å²) < 4.78 is 0. The van der Waals surface area contributed by atoms with Gasteiger partial charge in [0.1, 0.15) is 0 Å². The first-order valence-corrected chi connectivity index (χ1v) is 8.37. The lowest BCUT2D eigenvalue weighted by atomic mass is 9.83. The maximum Gasteiger partial charge on any atom is 0.00528 e. The van der Waals surface area contributed by atoms with Crippen molar-refractivity contribution in [3.05, 3.63) is 82.9 Å². The molecule has 0 heteroatoms. The van der Waals surface area contributed by atoms with E-state index < -0.39 is 0 Å². The molecule has 0 saturated heterocycles. The Morgan fingerprint density at radius 1 is 0.818 bits per heavy atom. The standard InChI is InChI=1S/C22H22/c1-16(20-15-14-18-7-3-5-9-22(18)20)10-11-19-13-12-17-6-2-4-8-21(17)19/h2-9,12-16,19-20H,10-11H2,1H3. The second-order valence-electron chi connectivity index (χ2n) is 6.66. The lowest BCUT2D eigenvalue weighted by Crippen LogP contribution is -2.08. The predicted molar refractivity (Wildman–Crippen MR) is 94.8 cm³/mol. The maximum atomic E-state index is 2.40. The van der Waals surface area contributed by atoms with Crippen molar-refractivity contribution in [3.63, 3.8) is 0 Å². The molecule has 0 bridgehead atoms. The molecule has 0 aromatic heterocycles. The van der Waals surface area contributed by atoms with Gasteiger partial charge >= 0.3 is 0 Å². The van der Waals surface area contributed by atoms with Gasteiger partial charge in [-0.25, -0.2) is 0 Å². The summed E-state index contributed by atoms with van der Waals surface area (Å²) in [6, 6.07) is 17.6. The minimum atomic E-state index is 0.594. The summed E-state index contributed by atoms with van der Waals surface area (Å²) in [6.07, 6.45) is 11.9. The van der Waals surface area contributed by atoms with Crippen molar-refractivity contribution >= 4 is 12.2 Å². The highest BCUT2D eigenvalue weighted by molar-refractivity contribution is 5.63. The van der Waals surface area contributed by atoms with E-state index in [2.05, 4.69) is 79.8 Å². The van der Waals surface area contributed by atoms with Crippen LogP contribution in [0.25, 0.3) is 12.2 Å². The van der Waals surface area contributed by atoms with Gasteiger partial charge in [-0.3, -0.25) is 0 Å². The van der Waals surface area contributed by atoms with Crippen molar-refractivity contribution < 1.29 is 0 Å². The van der Waals surface area contributed by atoms with E-state index >= 15 is 0 Å². The zero-order valence-electron chi connectivity index (χ0n) is 13.1. The highest BCUT2D eigenvalue weighted by atomic mass is 14.3. The second kappa shape index (κ2) is 5.61. The van der Waals surface area contributed by atoms with Crippen molar-refractivity contribution in [1.29, 1.82) is 0 Å². The Bertz CT molecular complexity index is 735. The van der Waals surface area contributed by atoms with E-state index in [4.69, 9.17) is 0 Å². The normalized spacial score (nSPS) is 22.6. The van der Waals surface area contributed by atoms with Gasteiger partial charge in [-0.1, -0.05) is 79.8 Å². The van der Waals surface area contributed by atoms with Crippen molar-refractivity contribution in [2.24, 2.45) is 5.92 Å². The zero-order valence-corrected chi connectivity index (χ0v) is 13.1. The van der Waals surface area contributed by atoms with Crippen LogP contribution in [0.3, 0.4) is 0 Å². The van der Waals surface area contributed by atoms with E-state index in [9.17, 15) is 0 Å². The van der Waals surface area contributed by atoms with E-state index in [-0.39, 0.29) is 0 Å². The number of hydrogen-bond acceptors (Lipinski definition) is 0. The van der Waals surface area contributed by atoms with Crippen molar-refractivity contribution in [1.82, 2.24) is 0 Å². The van der Waals surface area contributed by atoms with Gasteiger partial charge in [-0.05, 0) is 41.0 Å². The summed E-state index contributed by atoms with van der Waals surface area (Å²) in [7, 11) is 0. The Balaban J connectivity index is 1.43. The molecular weight excluding hydrogens is 264 g/mol. The van der Waals surface area contributed by atoms with Gasteiger partial charge in [0.15, 0.2) is 0 Å². The van der Waals surface area contributed by atoms with Gasteiger partial charge in [0.25, 0.3) is 0 Å². The summed E-state index contributed by atoms with van der Waals surface area (Å²) in [4.78, 5) is 0. The molecule has 2 aliphatic carbocycles. The summed E-state index contributed by atoms with van der Waals surface area (Å²) >= 11 is 0. The molecule has 0 aliphatic heterocycles. The van der Waals surface area contributed by atoms with E-state index in [1.54, 1.807) is 0 Å². The van der Waals surface area contributed by atoms with Gasteiger partial charge in [0.05, 0.1) is 0 Å². The topological polar surface area (TPSA) is 0 Å². The van der Waals surface area contributed by atoms with Gasteiger partial charge in [0.2, 0.25) is 0 Å². The Morgan fingerprint density at radius 2 is 1.45 bits per heavy atom. The van der Waals surface area contributed by atoms with Crippen LogP contribution in [0.5, 0.6) is 0 Å². The summed E-state index contributed by atoms with van der Waals surface area (Å²) in [5, 5.41) is 0. The van der Waals surface area contributed by atoms with Crippen LogP contribution in [0, 0.1) is 5.92 Å². The number of benzene rings is 2. The Hall–Kier alpha value is -2.08. The smallest absolute Gasteiger partial charge is 0.00528 e. The number of allylic oxidation sites excluding steroid dienone is 2. The molecule has 4 rings (SSSR count). The molecule has 110 valence electrons. The molecule has 0 heterocycles. The van der Waals surface area contributed by atoms with Crippen LogP contribution in [-0.4, -0.2) is 0 Å². The average molecular weight is 286 g/mol. The van der Waals surface area contributed by atoms with Crippen molar-refractivity contribution in [2.45, 2.75) is 31.6 Å². The third-order valence-electron chi connectivity index (χ3n) is 5.29. The SMILES string of the molecule is CC(CCC1C=Cc2ccccc21)C1C=Cc2ccccc21. The molecule has 0 radical (unpaired) electrons. The van der Waals surface area contributed by atoms with Crippen LogP contribution in [-0.2, 0) is 0 Å². The van der Waals surface area contributed by atoms with Crippen LogP contribution in [0.4, 0.5) is 0 Å².